The van der Waals surface area contributed by atoms with Crippen molar-refractivity contribution < 1.29 is 4.74 Å². The first kappa shape index (κ1) is 27.3. The second kappa shape index (κ2) is 11.4. The minimum absolute atomic E-state index is 0.569. The minimum Gasteiger partial charge on any atom is -0.457 e. The molecular formula is C43H28N2O. The SMILES string of the molecule is [C-]#[N+]c1ccc(-c2cc(-c3ccccc3)nc(-c3ccc4c(c3)Oc3ccccc3C4(c3ccccc3)c3ccccc3)c2)cc1. The lowest BCUT2D eigenvalue weighted by molar-refractivity contribution is 0.434. The quantitative estimate of drug-likeness (QED) is 0.187. The standard InChI is InChI=1S/C43H28N2O/c1-44-36-24-21-30(22-25-36)33-27-39(31-13-5-2-6-14-31)45-40(28-33)32-23-26-38-42(29-32)46-41-20-12-11-19-37(41)43(38,34-15-7-3-8-16-34)35-17-9-4-10-18-35/h2-29H. The molecule has 6 aromatic carbocycles. The molecule has 0 bridgehead atoms. The summed E-state index contributed by atoms with van der Waals surface area (Å²) in [4.78, 5) is 8.75. The Balaban J connectivity index is 1.35. The fourth-order valence-corrected chi connectivity index (χ4v) is 6.70. The molecule has 0 radical (unpaired) electrons. The van der Waals surface area contributed by atoms with E-state index in [9.17, 15) is 0 Å². The molecule has 0 spiro atoms. The van der Waals surface area contributed by atoms with Crippen LogP contribution in [0.4, 0.5) is 5.69 Å². The largest absolute Gasteiger partial charge is 0.457 e. The lowest BCUT2D eigenvalue weighted by atomic mass is 9.63. The molecule has 1 aliphatic heterocycles. The van der Waals surface area contributed by atoms with E-state index in [0.717, 1.165) is 56.3 Å². The second-order valence-corrected chi connectivity index (χ2v) is 11.4. The van der Waals surface area contributed by atoms with Crippen LogP contribution in [0, 0.1) is 6.57 Å². The van der Waals surface area contributed by atoms with Gasteiger partial charge in [0, 0.05) is 22.3 Å². The summed E-state index contributed by atoms with van der Waals surface area (Å²) in [5, 5.41) is 0. The number of pyridine rings is 1. The molecule has 8 rings (SSSR count). The van der Waals surface area contributed by atoms with Crippen molar-refractivity contribution in [1.29, 1.82) is 0 Å². The van der Waals surface area contributed by atoms with Crippen molar-refractivity contribution >= 4 is 5.69 Å². The Labute approximate surface area is 268 Å². The molecule has 0 saturated heterocycles. The minimum atomic E-state index is -0.569. The van der Waals surface area contributed by atoms with E-state index in [1.807, 2.05) is 48.5 Å². The number of hydrogen-bond acceptors (Lipinski definition) is 2. The molecular weight excluding hydrogens is 560 g/mol. The van der Waals surface area contributed by atoms with Crippen LogP contribution in [0.2, 0.25) is 0 Å². The van der Waals surface area contributed by atoms with Gasteiger partial charge in [-0.05, 0) is 46.5 Å². The molecule has 0 unspecified atom stereocenters. The van der Waals surface area contributed by atoms with Gasteiger partial charge in [0.2, 0.25) is 0 Å². The number of ether oxygens (including phenoxy) is 1. The highest BCUT2D eigenvalue weighted by Crippen LogP contribution is 2.55. The zero-order valence-electron chi connectivity index (χ0n) is 25.0. The van der Waals surface area contributed by atoms with Crippen LogP contribution in [0.1, 0.15) is 22.3 Å². The van der Waals surface area contributed by atoms with Gasteiger partial charge in [-0.1, -0.05) is 146 Å². The first-order valence-electron chi connectivity index (χ1n) is 15.3. The average molecular weight is 589 g/mol. The molecule has 46 heavy (non-hydrogen) atoms. The molecule has 0 saturated carbocycles. The Kier molecular flexibility index (Phi) is 6.74. The number of rotatable bonds is 5. The van der Waals surface area contributed by atoms with Gasteiger partial charge in [-0.3, -0.25) is 0 Å². The van der Waals surface area contributed by atoms with Gasteiger partial charge in [0.15, 0.2) is 5.69 Å². The van der Waals surface area contributed by atoms with E-state index in [0.29, 0.717) is 5.69 Å². The third-order valence-electron chi connectivity index (χ3n) is 8.83. The molecule has 7 aromatic rings. The lowest BCUT2D eigenvalue weighted by Crippen LogP contribution is -2.34. The van der Waals surface area contributed by atoms with Crippen LogP contribution in [0.15, 0.2) is 170 Å². The van der Waals surface area contributed by atoms with Gasteiger partial charge < -0.3 is 4.74 Å². The normalized spacial score (nSPS) is 12.7. The number of nitrogens with zero attached hydrogens (tertiary/aromatic N) is 2. The number of para-hydroxylation sites is 1. The van der Waals surface area contributed by atoms with Crippen molar-refractivity contribution in [2.24, 2.45) is 0 Å². The Bertz CT molecular complexity index is 2180. The molecule has 1 aromatic heterocycles. The summed E-state index contributed by atoms with van der Waals surface area (Å²) >= 11 is 0. The van der Waals surface area contributed by atoms with Crippen LogP contribution in [-0.2, 0) is 5.41 Å². The Hall–Kier alpha value is -6.24. The Morgan fingerprint density at radius 3 is 1.65 bits per heavy atom. The maximum atomic E-state index is 7.37. The van der Waals surface area contributed by atoms with Crippen molar-refractivity contribution in [3.8, 4) is 45.1 Å². The van der Waals surface area contributed by atoms with Gasteiger partial charge in [-0.15, -0.1) is 0 Å². The second-order valence-electron chi connectivity index (χ2n) is 11.4. The zero-order valence-corrected chi connectivity index (χ0v) is 25.0. The van der Waals surface area contributed by atoms with E-state index in [4.69, 9.17) is 16.3 Å². The molecule has 0 fully saturated rings. The van der Waals surface area contributed by atoms with Crippen LogP contribution in [0.25, 0.3) is 38.5 Å². The van der Waals surface area contributed by atoms with E-state index in [-0.39, 0.29) is 0 Å². The highest BCUT2D eigenvalue weighted by molar-refractivity contribution is 5.79. The summed E-state index contributed by atoms with van der Waals surface area (Å²) in [6.07, 6.45) is 0. The summed E-state index contributed by atoms with van der Waals surface area (Å²) < 4.78 is 6.74. The Morgan fingerprint density at radius 2 is 1.00 bits per heavy atom. The lowest BCUT2D eigenvalue weighted by Gasteiger charge is -2.41. The van der Waals surface area contributed by atoms with Crippen molar-refractivity contribution in [2.75, 3.05) is 0 Å². The van der Waals surface area contributed by atoms with Gasteiger partial charge >= 0.3 is 0 Å². The maximum Gasteiger partial charge on any atom is 0.187 e. The highest BCUT2D eigenvalue weighted by atomic mass is 16.5. The van der Waals surface area contributed by atoms with Crippen LogP contribution < -0.4 is 4.74 Å². The summed E-state index contributed by atoms with van der Waals surface area (Å²) in [5.74, 6) is 1.64. The predicted octanol–water partition coefficient (Wildman–Crippen LogP) is 11.1. The van der Waals surface area contributed by atoms with Crippen LogP contribution in [0.5, 0.6) is 11.5 Å². The fraction of sp³-hybridized carbons (Fsp3) is 0.0233. The van der Waals surface area contributed by atoms with Crippen molar-refractivity contribution in [1.82, 2.24) is 4.98 Å². The summed E-state index contributed by atoms with van der Waals surface area (Å²) in [5.41, 5.74) is 10.4. The fourth-order valence-electron chi connectivity index (χ4n) is 6.70. The van der Waals surface area contributed by atoms with Gasteiger partial charge in [-0.2, -0.15) is 0 Å². The van der Waals surface area contributed by atoms with Crippen molar-refractivity contribution in [3.63, 3.8) is 0 Å². The average Bonchev–Trinajstić information content (AvgIpc) is 3.14. The molecule has 3 heteroatoms. The molecule has 0 aliphatic carbocycles. The van der Waals surface area contributed by atoms with Gasteiger partial charge in [0.1, 0.15) is 11.5 Å². The number of aromatic nitrogens is 1. The molecule has 3 nitrogen and oxygen atoms in total. The first-order chi connectivity index (χ1) is 22.7. The van der Waals surface area contributed by atoms with E-state index >= 15 is 0 Å². The monoisotopic (exact) mass is 588 g/mol. The number of benzene rings is 6. The smallest absolute Gasteiger partial charge is 0.187 e. The first-order valence-corrected chi connectivity index (χ1v) is 15.3. The highest BCUT2D eigenvalue weighted by Gasteiger charge is 2.45. The Morgan fingerprint density at radius 1 is 0.457 bits per heavy atom. The van der Waals surface area contributed by atoms with Crippen LogP contribution in [-0.4, -0.2) is 4.98 Å². The zero-order chi connectivity index (χ0) is 30.9. The van der Waals surface area contributed by atoms with E-state index in [1.54, 1.807) is 0 Å². The van der Waals surface area contributed by atoms with E-state index < -0.39 is 5.41 Å². The molecule has 1 aliphatic rings. The molecule has 216 valence electrons. The molecule has 0 N–H and O–H groups in total. The van der Waals surface area contributed by atoms with Gasteiger partial charge in [-0.25, -0.2) is 9.83 Å². The maximum absolute atomic E-state index is 7.37. The summed E-state index contributed by atoms with van der Waals surface area (Å²) in [6.45, 7) is 7.37. The summed E-state index contributed by atoms with van der Waals surface area (Å²) in [6, 6.07) is 58.5. The van der Waals surface area contributed by atoms with Crippen LogP contribution >= 0.6 is 0 Å². The van der Waals surface area contributed by atoms with E-state index in [1.165, 1.54) is 11.1 Å². The molecule has 0 atom stereocenters. The van der Waals surface area contributed by atoms with Gasteiger partial charge in [0.05, 0.1) is 23.4 Å². The number of hydrogen-bond donors (Lipinski definition) is 0. The topological polar surface area (TPSA) is 26.5 Å². The molecule has 2 heterocycles. The molecule has 0 amide bonds. The van der Waals surface area contributed by atoms with Gasteiger partial charge in [0.25, 0.3) is 0 Å². The predicted molar refractivity (Wildman–Crippen MR) is 185 cm³/mol. The van der Waals surface area contributed by atoms with Crippen molar-refractivity contribution in [3.05, 3.63) is 204 Å². The van der Waals surface area contributed by atoms with Crippen molar-refractivity contribution in [2.45, 2.75) is 5.41 Å². The third kappa shape index (κ3) is 4.56. The van der Waals surface area contributed by atoms with E-state index in [2.05, 4.69) is 126 Å². The number of fused-ring (bicyclic) bond motifs is 2. The summed E-state index contributed by atoms with van der Waals surface area (Å²) in [7, 11) is 0. The van der Waals surface area contributed by atoms with Crippen LogP contribution in [0.3, 0.4) is 0 Å². The third-order valence-corrected chi connectivity index (χ3v) is 8.83.